The Morgan fingerprint density at radius 2 is 2.11 bits per heavy atom. The van der Waals surface area contributed by atoms with Gasteiger partial charge in [0.25, 0.3) is 0 Å². The molecule has 0 unspecified atom stereocenters. The number of rotatable bonds is 3. The fourth-order valence-electron chi connectivity index (χ4n) is 2.36. The molecule has 0 bridgehead atoms. The Morgan fingerprint density at radius 3 is 2.95 bits per heavy atom. The van der Waals surface area contributed by atoms with Crippen molar-refractivity contribution in [3.05, 3.63) is 41.4 Å². The van der Waals surface area contributed by atoms with Crippen LogP contribution >= 0.6 is 11.6 Å². The standard InChI is InChI=1S/C15H12ClNO2/c16-11-5-6-13(19-8-9-7-18-9)14-10-3-1-2-4-12(10)17-15(11)14/h1-6,9,17H,7-8H2/t9-/m0/s1. The minimum absolute atomic E-state index is 0.246. The number of fused-ring (bicyclic) bond motifs is 3. The van der Waals surface area contributed by atoms with Gasteiger partial charge in [0.15, 0.2) is 0 Å². The normalized spacial score (nSPS) is 18.1. The fourth-order valence-corrected chi connectivity index (χ4v) is 2.56. The summed E-state index contributed by atoms with van der Waals surface area (Å²) >= 11 is 6.26. The lowest BCUT2D eigenvalue weighted by Gasteiger charge is -2.07. The summed E-state index contributed by atoms with van der Waals surface area (Å²) in [6.07, 6.45) is 0.246. The van der Waals surface area contributed by atoms with E-state index in [9.17, 15) is 0 Å². The third-order valence-corrected chi connectivity index (χ3v) is 3.71. The zero-order valence-electron chi connectivity index (χ0n) is 10.2. The minimum atomic E-state index is 0.246. The van der Waals surface area contributed by atoms with E-state index in [1.54, 1.807) is 0 Å². The molecule has 0 spiro atoms. The van der Waals surface area contributed by atoms with Gasteiger partial charge in [-0.25, -0.2) is 0 Å². The van der Waals surface area contributed by atoms with Gasteiger partial charge in [-0.3, -0.25) is 0 Å². The molecule has 19 heavy (non-hydrogen) atoms. The van der Waals surface area contributed by atoms with E-state index < -0.39 is 0 Å². The number of H-pyrrole nitrogens is 1. The van der Waals surface area contributed by atoms with Gasteiger partial charge in [-0.2, -0.15) is 0 Å². The van der Waals surface area contributed by atoms with Crippen molar-refractivity contribution in [2.24, 2.45) is 0 Å². The van der Waals surface area contributed by atoms with Gasteiger partial charge in [-0.1, -0.05) is 29.8 Å². The van der Waals surface area contributed by atoms with Crippen LogP contribution < -0.4 is 4.74 Å². The number of hydrogen-bond acceptors (Lipinski definition) is 2. The van der Waals surface area contributed by atoms with Crippen molar-refractivity contribution in [1.82, 2.24) is 4.98 Å². The minimum Gasteiger partial charge on any atom is -0.490 e. The van der Waals surface area contributed by atoms with E-state index in [1.165, 1.54) is 0 Å². The first-order chi connectivity index (χ1) is 9.33. The molecule has 1 aromatic heterocycles. The molecular formula is C15H12ClNO2. The number of nitrogens with one attached hydrogen (secondary N) is 1. The van der Waals surface area contributed by atoms with Gasteiger partial charge in [0.05, 0.1) is 22.5 Å². The maximum Gasteiger partial charge on any atom is 0.129 e. The summed E-state index contributed by atoms with van der Waals surface area (Å²) in [4.78, 5) is 3.35. The van der Waals surface area contributed by atoms with Crippen LogP contribution in [0, 0.1) is 0 Å². The van der Waals surface area contributed by atoms with E-state index in [4.69, 9.17) is 21.1 Å². The molecule has 1 aliphatic heterocycles. The molecule has 2 aromatic carbocycles. The van der Waals surface area contributed by atoms with Crippen LogP contribution in [0.25, 0.3) is 21.8 Å². The third-order valence-electron chi connectivity index (χ3n) is 3.40. The van der Waals surface area contributed by atoms with E-state index in [-0.39, 0.29) is 6.10 Å². The van der Waals surface area contributed by atoms with Crippen molar-refractivity contribution in [2.45, 2.75) is 6.10 Å². The second kappa shape index (κ2) is 4.15. The topological polar surface area (TPSA) is 37.5 Å². The van der Waals surface area contributed by atoms with Crippen molar-refractivity contribution in [1.29, 1.82) is 0 Å². The second-order valence-electron chi connectivity index (χ2n) is 4.73. The Bertz CT molecular complexity index is 761. The molecule has 4 heteroatoms. The molecule has 0 saturated carbocycles. The van der Waals surface area contributed by atoms with Crippen molar-refractivity contribution >= 4 is 33.4 Å². The molecule has 3 nitrogen and oxygen atoms in total. The van der Waals surface area contributed by atoms with Gasteiger partial charge in [0, 0.05) is 10.9 Å². The van der Waals surface area contributed by atoms with Crippen LogP contribution in [0.5, 0.6) is 5.75 Å². The third kappa shape index (κ3) is 1.86. The molecule has 0 amide bonds. The number of ether oxygens (including phenoxy) is 2. The summed E-state index contributed by atoms with van der Waals surface area (Å²) in [5.41, 5.74) is 2.00. The molecule has 1 fully saturated rings. The first-order valence-electron chi connectivity index (χ1n) is 6.26. The lowest BCUT2D eigenvalue weighted by Crippen LogP contribution is -2.04. The summed E-state index contributed by atoms with van der Waals surface area (Å²) in [7, 11) is 0. The highest BCUT2D eigenvalue weighted by molar-refractivity contribution is 6.36. The summed E-state index contributed by atoms with van der Waals surface area (Å²) in [5, 5.41) is 2.89. The van der Waals surface area contributed by atoms with Gasteiger partial charge >= 0.3 is 0 Å². The van der Waals surface area contributed by atoms with Crippen LogP contribution in [-0.4, -0.2) is 24.3 Å². The van der Waals surface area contributed by atoms with Crippen LogP contribution in [-0.2, 0) is 4.74 Å². The Hall–Kier alpha value is -1.71. The summed E-state index contributed by atoms with van der Waals surface area (Å²) in [6.45, 7) is 1.39. The molecule has 4 rings (SSSR count). The molecule has 3 aromatic rings. The Labute approximate surface area is 115 Å². The largest absolute Gasteiger partial charge is 0.490 e. The van der Waals surface area contributed by atoms with Crippen molar-refractivity contribution in [3.8, 4) is 5.75 Å². The molecule has 1 aliphatic rings. The summed E-state index contributed by atoms with van der Waals surface area (Å²) in [5.74, 6) is 0.854. The molecule has 96 valence electrons. The monoisotopic (exact) mass is 273 g/mol. The van der Waals surface area contributed by atoms with Crippen LogP contribution in [0.1, 0.15) is 0 Å². The average molecular weight is 274 g/mol. The number of benzene rings is 2. The van der Waals surface area contributed by atoms with Crippen LogP contribution in [0.2, 0.25) is 5.02 Å². The lowest BCUT2D eigenvalue weighted by atomic mass is 10.1. The Kier molecular flexibility index (Phi) is 2.43. The molecule has 1 saturated heterocycles. The highest BCUT2D eigenvalue weighted by Crippen LogP contribution is 2.37. The van der Waals surface area contributed by atoms with Crippen LogP contribution in [0.3, 0.4) is 0 Å². The highest BCUT2D eigenvalue weighted by Gasteiger charge is 2.24. The first kappa shape index (κ1) is 11.1. The highest BCUT2D eigenvalue weighted by atomic mass is 35.5. The molecular weight excluding hydrogens is 262 g/mol. The maximum atomic E-state index is 6.26. The average Bonchev–Trinajstić information content (AvgIpc) is 3.17. The van der Waals surface area contributed by atoms with E-state index in [0.29, 0.717) is 11.6 Å². The SMILES string of the molecule is Clc1ccc(OC[C@@H]2CO2)c2c1[nH]c1ccccc12. The quantitative estimate of drug-likeness (QED) is 0.738. The van der Waals surface area contributed by atoms with Gasteiger partial charge in [-0.15, -0.1) is 0 Å². The van der Waals surface area contributed by atoms with E-state index in [2.05, 4.69) is 11.1 Å². The molecule has 0 radical (unpaired) electrons. The number of aromatic nitrogens is 1. The number of halogens is 1. The zero-order valence-corrected chi connectivity index (χ0v) is 10.9. The predicted molar refractivity (Wildman–Crippen MR) is 76.0 cm³/mol. The van der Waals surface area contributed by atoms with Crippen molar-refractivity contribution in [3.63, 3.8) is 0 Å². The second-order valence-corrected chi connectivity index (χ2v) is 5.14. The van der Waals surface area contributed by atoms with E-state index in [0.717, 1.165) is 34.2 Å². The number of epoxide rings is 1. The fraction of sp³-hybridized carbons (Fsp3) is 0.200. The van der Waals surface area contributed by atoms with Gasteiger partial charge in [0.1, 0.15) is 18.5 Å². The van der Waals surface area contributed by atoms with Crippen LogP contribution in [0.15, 0.2) is 36.4 Å². The molecule has 0 aliphatic carbocycles. The number of hydrogen-bond donors (Lipinski definition) is 1. The Balaban J connectivity index is 1.93. The molecule has 1 N–H and O–H groups in total. The summed E-state index contributed by atoms with van der Waals surface area (Å²) < 4.78 is 11.0. The van der Waals surface area contributed by atoms with Gasteiger partial charge in [-0.05, 0) is 18.2 Å². The van der Waals surface area contributed by atoms with Crippen molar-refractivity contribution in [2.75, 3.05) is 13.2 Å². The molecule has 1 atom stereocenters. The predicted octanol–water partition coefficient (Wildman–Crippen LogP) is 3.75. The van der Waals surface area contributed by atoms with Crippen molar-refractivity contribution < 1.29 is 9.47 Å². The Morgan fingerprint density at radius 1 is 1.26 bits per heavy atom. The maximum absolute atomic E-state index is 6.26. The smallest absolute Gasteiger partial charge is 0.129 e. The van der Waals surface area contributed by atoms with Gasteiger partial charge in [0.2, 0.25) is 0 Å². The van der Waals surface area contributed by atoms with E-state index in [1.807, 2.05) is 30.3 Å². The number of aromatic amines is 1. The first-order valence-corrected chi connectivity index (χ1v) is 6.64. The lowest BCUT2D eigenvalue weighted by molar-refractivity contribution is 0.265. The van der Waals surface area contributed by atoms with Crippen LogP contribution in [0.4, 0.5) is 0 Å². The number of para-hydroxylation sites is 1. The molecule has 2 heterocycles. The zero-order chi connectivity index (χ0) is 12.8. The van der Waals surface area contributed by atoms with E-state index >= 15 is 0 Å². The van der Waals surface area contributed by atoms with Gasteiger partial charge < -0.3 is 14.5 Å². The summed E-state index contributed by atoms with van der Waals surface area (Å²) in [6, 6.07) is 11.9.